The van der Waals surface area contributed by atoms with Crippen LogP contribution < -0.4 is 0 Å². The van der Waals surface area contributed by atoms with E-state index in [1.54, 1.807) is 24.3 Å². The molecule has 0 amide bonds. The highest BCUT2D eigenvalue weighted by Crippen LogP contribution is 2.47. The van der Waals surface area contributed by atoms with Crippen molar-refractivity contribution in [2.45, 2.75) is 68.8 Å². The molecule has 3 nitrogen and oxygen atoms in total. The summed E-state index contributed by atoms with van der Waals surface area (Å²) in [6, 6.07) is 7.09. The highest BCUT2D eigenvalue weighted by molar-refractivity contribution is 7.81. The van der Waals surface area contributed by atoms with E-state index < -0.39 is 16.8 Å². The van der Waals surface area contributed by atoms with Gasteiger partial charge in [0, 0.05) is 25.9 Å². The molecule has 0 saturated carbocycles. The van der Waals surface area contributed by atoms with Crippen LogP contribution in [-0.2, 0) is 22.2 Å². The Hall–Kier alpha value is -1.30. The van der Waals surface area contributed by atoms with Crippen LogP contribution in [0.25, 0.3) is 0 Å². The molecule has 0 fully saturated rings. The zero-order valence-electron chi connectivity index (χ0n) is 17.1. The minimum absolute atomic E-state index is 0.104. The molecule has 0 heterocycles. The van der Waals surface area contributed by atoms with Crippen LogP contribution in [0.15, 0.2) is 34.1 Å². The van der Waals surface area contributed by atoms with Gasteiger partial charge in [0.25, 0.3) is 0 Å². The molecule has 1 N–H and O–H groups in total. The van der Waals surface area contributed by atoms with Gasteiger partial charge in [-0.3, -0.25) is 0 Å². The number of carbonyl (C=O) groups is 1. The third-order valence-electron chi connectivity index (χ3n) is 4.41. The van der Waals surface area contributed by atoms with Crippen molar-refractivity contribution in [3.8, 4) is 5.75 Å². The number of ether oxygens (including phenoxy) is 1. The van der Waals surface area contributed by atoms with Gasteiger partial charge in [-0.1, -0.05) is 65.3 Å². The van der Waals surface area contributed by atoms with E-state index in [1.807, 2.05) is 41.5 Å². The summed E-state index contributed by atoms with van der Waals surface area (Å²) in [5.74, 6) is -0.398. The molecule has 152 valence electrons. The van der Waals surface area contributed by atoms with Gasteiger partial charge in [-0.25, -0.2) is 4.79 Å². The summed E-state index contributed by atoms with van der Waals surface area (Å²) in [5.41, 5.74) is 1.47. The van der Waals surface area contributed by atoms with Crippen LogP contribution in [0.5, 0.6) is 5.75 Å². The Labute approximate surface area is 183 Å². The van der Waals surface area contributed by atoms with E-state index >= 15 is 0 Å². The van der Waals surface area contributed by atoms with Crippen LogP contribution in [-0.4, -0.2) is 11.1 Å². The van der Waals surface area contributed by atoms with E-state index in [-0.39, 0.29) is 17.9 Å². The van der Waals surface area contributed by atoms with Crippen LogP contribution in [0.3, 0.4) is 0 Å². The second-order valence-corrected chi connectivity index (χ2v) is 10.2. The number of rotatable bonds is 3. The maximum absolute atomic E-state index is 13.0. The number of thiol groups is 2. The SMILES string of the molecule is CC(C)(C)c1c(O)c(C(C)(C)C)c(S)c(C(=O)OCc2ccc(Cl)cc2)c1S. The van der Waals surface area contributed by atoms with Crippen molar-refractivity contribution in [1.29, 1.82) is 0 Å². The number of phenolic OH excluding ortho intramolecular Hbond substituents is 1. The number of phenols is 1. The summed E-state index contributed by atoms with van der Waals surface area (Å²) in [6.45, 7) is 11.9. The normalized spacial score (nSPS) is 12.2. The first-order valence-corrected chi connectivity index (χ1v) is 10.3. The average Bonchev–Trinajstić information content (AvgIpc) is 2.51. The minimum Gasteiger partial charge on any atom is -0.507 e. The quantitative estimate of drug-likeness (QED) is 0.375. The number of aromatic hydroxyl groups is 1. The first-order valence-electron chi connectivity index (χ1n) is 8.98. The number of esters is 1. The summed E-state index contributed by atoms with van der Waals surface area (Å²) in [6.07, 6.45) is 0. The van der Waals surface area contributed by atoms with Crippen molar-refractivity contribution in [3.05, 3.63) is 51.5 Å². The van der Waals surface area contributed by atoms with Crippen LogP contribution >= 0.6 is 36.9 Å². The maximum Gasteiger partial charge on any atom is 0.340 e. The van der Waals surface area contributed by atoms with Gasteiger partial charge in [-0.15, -0.1) is 25.3 Å². The predicted octanol–water partition coefficient (Wildman–Crippen LogP) is 6.58. The number of benzene rings is 2. The van der Waals surface area contributed by atoms with Gasteiger partial charge in [-0.2, -0.15) is 0 Å². The lowest BCUT2D eigenvalue weighted by Gasteiger charge is -2.31. The fourth-order valence-electron chi connectivity index (χ4n) is 3.13. The summed E-state index contributed by atoms with van der Waals surface area (Å²) < 4.78 is 5.53. The summed E-state index contributed by atoms with van der Waals surface area (Å²) in [5, 5.41) is 11.6. The molecule has 0 aliphatic carbocycles. The van der Waals surface area contributed by atoms with Crippen molar-refractivity contribution >= 4 is 42.8 Å². The predicted molar refractivity (Wildman–Crippen MR) is 121 cm³/mol. The van der Waals surface area contributed by atoms with E-state index in [0.29, 0.717) is 25.9 Å². The Kier molecular flexibility index (Phi) is 6.74. The topological polar surface area (TPSA) is 46.5 Å². The minimum atomic E-state index is -0.527. The first kappa shape index (κ1) is 23.0. The van der Waals surface area contributed by atoms with Crippen molar-refractivity contribution < 1.29 is 14.6 Å². The number of halogens is 1. The molecule has 28 heavy (non-hydrogen) atoms. The summed E-state index contributed by atoms with van der Waals surface area (Å²) in [7, 11) is 0. The van der Waals surface area contributed by atoms with E-state index in [1.165, 1.54) is 0 Å². The Morgan fingerprint density at radius 1 is 0.964 bits per heavy atom. The first-order chi connectivity index (χ1) is 12.7. The molecule has 0 atom stereocenters. The maximum atomic E-state index is 13.0. The van der Waals surface area contributed by atoms with Gasteiger partial charge in [0.2, 0.25) is 0 Å². The van der Waals surface area contributed by atoms with Gasteiger partial charge in [0.1, 0.15) is 12.4 Å². The van der Waals surface area contributed by atoms with Gasteiger partial charge in [0.05, 0.1) is 5.56 Å². The zero-order chi connectivity index (χ0) is 21.4. The molecule has 6 heteroatoms. The van der Waals surface area contributed by atoms with E-state index in [9.17, 15) is 9.90 Å². The zero-order valence-corrected chi connectivity index (χ0v) is 19.6. The molecule has 0 unspecified atom stereocenters. The molecule has 0 bridgehead atoms. The lowest BCUT2D eigenvalue weighted by molar-refractivity contribution is 0.0463. The van der Waals surface area contributed by atoms with E-state index in [2.05, 4.69) is 25.3 Å². The lowest BCUT2D eigenvalue weighted by atomic mass is 9.78. The van der Waals surface area contributed by atoms with Crippen LogP contribution in [0.2, 0.25) is 5.02 Å². The number of hydrogen-bond donors (Lipinski definition) is 3. The molecule has 0 spiro atoms. The highest BCUT2D eigenvalue weighted by Gasteiger charge is 2.34. The Balaban J connectivity index is 2.55. The largest absolute Gasteiger partial charge is 0.507 e. The fourth-order valence-corrected chi connectivity index (χ4v) is 4.63. The third-order valence-corrected chi connectivity index (χ3v) is 5.55. The number of hydrogen-bond acceptors (Lipinski definition) is 5. The molecule has 0 radical (unpaired) electrons. The van der Waals surface area contributed by atoms with E-state index in [0.717, 1.165) is 5.56 Å². The third kappa shape index (κ3) is 4.81. The molecule has 2 aromatic rings. The molecule has 2 rings (SSSR count). The van der Waals surface area contributed by atoms with Gasteiger partial charge >= 0.3 is 5.97 Å². The molecule has 0 aromatic heterocycles. The Morgan fingerprint density at radius 2 is 1.39 bits per heavy atom. The monoisotopic (exact) mass is 438 g/mol. The molecular formula is C22H27ClO3S2. The molecule has 0 saturated heterocycles. The standard InChI is InChI=1S/C22H27ClO3S2/c1-21(2,3)15-17(24)16(22(4,5)6)19(28)14(18(15)27)20(25)26-11-12-7-9-13(23)10-8-12/h7-10,24,27-28H,11H2,1-6H3. The number of carbonyl (C=O) groups excluding carboxylic acids is 1. The van der Waals surface area contributed by atoms with E-state index in [4.69, 9.17) is 16.3 Å². The molecule has 0 aliphatic rings. The van der Waals surface area contributed by atoms with Crippen molar-refractivity contribution in [2.24, 2.45) is 0 Å². The smallest absolute Gasteiger partial charge is 0.340 e. The van der Waals surface area contributed by atoms with Crippen molar-refractivity contribution in [3.63, 3.8) is 0 Å². The highest BCUT2D eigenvalue weighted by atomic mass is 35.5. The van der Waals surface area contributed by atoms with Crippen LogP contribution in [0, 0.1) is 0 Å². The van der Waals surface area contributed by atoms with Gasteiger partial charge < -0.3 is 9.84 Å². The van der Waals surface area contributed by atoms with Gasteiger partial charge in [-0.05, 0) is 28.5 Å². The molecule has 2 aromatic carbocycles. The molecule has 0 aliphatic heterocycles. The van der Waals surface area contributed by atoms with Crippen LogP contribution in [0.1, 0.15) is 68.6 Å². The second-order valence-electron chi connectivity index (χ2n) is 8.87. The van der Waals surface area contributed by atoms with Crippen LogP contribution in [0.4, 0.5) is 0 Å². The average molecular weight is 439 g/mol. The fraction of sp³-hybridized carbons (Fsp3) is 0.409. The summed E-state index contributed by atoms with van der Waals surface area (Å²) in [4.78, 5) is 13.8. The Morgan fingerprint density at radius 3 is 1.79 bits per heavy atom. The lowest BCUT2D eigenvalue weighted by Crippen LogP contribution is -2.22. The molecular weight excluding hydrogens is 412 g/mol. The van der Waals surface area contributed by atoms with Crippen molar-refractivity contribution in [1.82, 2.24) is 0 Å². The summed E-state index contributed by atoms with van der Waals surface area (Å²) >= 11 is 15.1. The second kappa shape index (κ2) is 8.21. The Bertz CT molecular complexity index is 851. The van der Waals surface area contributed by atoms with Gasteiger partial charge in [0.15, 0.2) is 0 Å². The van der Waals surface area contributed by atoms with Crippen molar-refractivity contribution in [2.75, 3.05) is 0 Å².